The molecule has 0 bridgehead atoms. The third-order valence-corrected chi connectivity index (χ3v) is 3.38. The van der Waals surface area contributed by atoms with E-state index < -0.39 is 0 Å². The van der Waals surface area contributed by atoms with E-state index in [9.17, 15) is 0 Å². The second-order valence-electron chi connectivity index (χ2n) is 3.54. The number of fused-ring (bicyclic) bond motifs is 1. The summed E-state index contributed by atoms with van der Waals surface area (Å²) in [5, 5.41) is 19.3. The molecular formula is C10H9N5S. The van der Waals surface area contributed by atoms with Crippen LogP contribution < -0.4 is 5.32 Å². The maximum atomic E-state index is 9.03. The Balaban J connectivity index is 2.20. The molecule has 0 spiro atoms. The van der Waals surface area contributed by atoms with Crippen molar-refractivity contribution in [1.29, 1.82) is 5.26 Å². The maximum Gasteiger partial charge on any atom is 0.210 e. The predicted molar refractivity (Wildman–Crippen MR) is 59.4 cm³/mol. The molecule has 1 N–H and O–H groups in total. The Kier molecular flexibility index (Phi) is 2.20. The van der Waals surface area contributed by atoms with Crippen molar-refractivity contribution in [2.24, 2.45) is 0 Å². The second kappa shape index (κ2) is 3.70. The highest BCUT2D eigenvalue weighted by atomic mass is 32.1. The van der Waals surface area contributed by atoms with Gasteiger partial charge in [-0.3, -0.25) is 0 Å². The number of aromatic nitrogens is 3. The average Bonchev–Trinajstić information content (AvgIpc) is 2.95. The van der Waals surface area contributed by atoms with Gasteiger partial charge in [-0.2, -0.15) is 10.4 Å². The molecule has 0 fully saturated rings. The Labute approximate surface area is 96.4 Å². The molecule has 0 aliphatic carbocycles. The van der Waals surface area contributed by atoms with Crippen LogP contribution in [0.5, 0.6) is 0 Å². The van der Waals surface area contributed by atoms with Gasteiger partial charge in [0.2, 0.25) is 5.13 Å². The molecule has 6 heteroatoms. The van der Waals surface area contributed by atoms with Crippen molar-refractivity contribution in [3.05, 3.63) is 28.5 Å². The highest BCUT2D eigenvalue weighted by Crippen LogP contribution is 2.22. The van der Waals surface area contributed by atoms with E-state index >= 15 is 0 Å². The summed E-state index contributed by atoms with van der Waals surface area (Å²) in [6, 6.07) is 2.14. The third kappa shape index (κ3) is 1.33. The van der Waals surface area contributed by atoms with Gasteiger partial charge in [0.15, 0.2) is 5.69 Å². The SMILES string of the molecule is N#Cc1nn(-c2nccs2)c2c1CNCC2. The number of rotatable bonds is 1. The highest BCUT2D eigenvalue weighted by molar-refractivity contribution is 7.12. The van der Waals surface area contributed by atoms with Crippen molar-refractivity contribution in [2.45, 2.75) is 13.0 Å². The first-order valence-electron chi connectivity index (χ1n) is 5.01. The summed E-state index contributed by atoms with van der Waals surface area (Å²) in [5.74, 6) is 0. The van der Waals surface area contributed by atoms with Crippen LogP contribution in [-0.2, 0) is 13.0 Å². The van der Waals surface area contributed by atoms with Crippen LogP contribution in [0.3, 0.4) is 0 Å². The molecule has 3 rings (SSSR count). The van der Waals surface area contributed by atoms with Crippen molar-refractivity contribution >= 4 is 11.3 Å². The lowest BCUT2D eigenvalue weighted by atomic mass is 10.1. The summed E-state index contributed by atoms with van der Waals surface area (Å²) < 4.78 is 1.80. The van der Waals surface area contributed by atoms with Crippen LogP contribution in [0.25, 0.3) is 5.13 Å². The molecule has 1 aliphatic heterocycles. The van der Waals surface area contributed by atoms with Crippen LogP contribution in [0.4, 0.5) is 0 Å². The van der Waals surface area contributed by atoms with E-state index in [0.29, 0.717) is 5.69 Å². The lowest BCUT2D eigenvalue weighted by molar-refractivity contribution is 0.622. The Bertz CT molecular complexity index is 549. The summed E-state index contributed by atoms with van der Waals surface area (Å²) >= 11 is 1.53. The summed E-state index contributed by atoms with van der Waals surface area (Å²) in [4.78, 5) is 4.23. The van der Waals surface area contributed by atoms with Gasteiger partial charge in [0.25, 0.3) is 0 Å². The van der Waals surface area contributed by atoms with Crippen LogP contribution in [0, 0.1) is 11.3 Å². The first-order valence-corrected chi connectivity index (χ1v) is 5.89. The molecule has 0 unspecified atom stereocenters. The Morgan fingerprint density at radius 2 is 2.50 bits per heavy atom. The molecule has 0 radical (unpaired) electrons. The van der Waals surface area contributed by atoms with Gasteiger partial charge in [0.1, 0.15) is 6.07 Å². The summed E-state index contributed by atoms with van der Waals surface area (Å²) in [6.07, 6.45) is 2.64. The fraction of sp³-hybridized carbons (Fsp3) is 0.300. The average molecular weight is 231 g/mol. The molecule has 1 aliphatic rings. The van der Waals surface area contributed by atoms with Gasteiger partial charge in [0, 0.05) is 36.7 Å². The van der Waals surface area contributed by atoms with Crippen molar-refractivity contribution in [1.82, 2.24) is 20.1 Å². The molecule has 5 nitrogen and oxygen atoms in total. The zero-order valence-corrected chi connectivity index (χ0v) is 9.29. The smallest absolute Gasteiger partial charge is 0.210 e. The number of hydrogen-bond acceptors (Lipinski definition) is 5. The largest absolute Gasteiger partial charge is 0.312 e. The van der Waals surface area contributed by atoms with E-state index in [1.165, 1.54) is 11.3 Å². The topological polar surface area (TPSA) is 66.5 Å². The van der Waals surface area contributed by atoms with E-state index in [4.69, 9.17) is 5.26 Å². The molecule has 80 valence electrons. The molecule has 16 heavy (non-hydrogen) atoms. The van der Waals surface area contributed by atoms with E-state index in [1.54, 1.807) is 10.9 Å². The quantitative estimate of drug-likeness (QED) is 0.790. The lowest BCUT2D eigenvalue weighted by Crippen LogP contribution is -2.24. The number of nitrogens with one attached hydrogen (secondary N) is 1. The van der Waals surface area contributed by atoms with Gasteiger partial charge in [0.05, 0.1) is 5.69 Å². The molecule has 0 atom stereocenters. The van der Waals surface area contributed by atoms with Crippen molar-refractivity contribution in [3.63, 3.8) is 0 Å². The van der Waals surface area contributed by atoms with Crippen LogP contribution in [0.2, 0.25) is 0 Å². The van der Waals surface area contributed by atoms with E-state index in [2.05, 4.69) is 21.5 Å². The van der Waals surface area contributed by atoms with Gasteiger partial charge < -0.3 is 5.32 Å². The Morgan fingerprint density at radius 3 is 3.25 bits per heavy atom. The summed E-state index contributed by atoms with van der Waals surface area (Å²) in [6.45, 7) is 1.65. The van der Waals surface area contributed by atoms with Crippen molar-refractivity contribution < 1.29 is 0 Å². The first-order chi connectivity index (χ1) is 7.90. The Morgan fingerprint density at radius 1 is 1.56 bits per heavy atom. The fourth-order valence-electron chi connectivity index (χ4n) is 1.92. The van der Waals surface area contributed by atoms with Gasteiger partial charge in [-0.25, -0.2) is 9.67 Å². The summed E-state index contributed by atoms with van der Waals surface area (Å²) in [7, 11) is 0. The van der Waals surface area contributed by atoms with E-state index in [1.807, 2.05) is 5.38 Å². The molecule has 3 heterocycles. The highest BCUT2D eigenvalue weighted by Gasteiger charge is 2.21. The summed E-state index contributed by atoms with van der Waals surface area (Å²) in [5.41, 5.74) is 2.65. The van der Waals surface area contributed by atoms with Gasteiger partial charge >= 0.3 is 0 Å². The lowest BCUT2D eigenvalue weighted by Gasteiger charge is -2.13. The number of thiazole rings is 1. The molecule has 0 saturated heterocycles. The van der Waals surface area contributed by atoms with E-state index in [0.717, 1.165) is 35.9 Å². The van der Waals surface area contributed by atoms with Crippen molar-refractivity contribution in [2.75, 3.05) is 6.54 Å². The normalized spacial score (nSPS) is 14.4. The predicted octanol–water partition coefficient (Wildman–Crippen LogP) is 0.846. The molecule has 2 aromatic rings. The van der Waals surface area contributed by atoms with Gasteiger partial charge in [-0.1, -0.05) is 0 Å². The number of nitrogens with zero attached hydrogens (tertiary/aromatic N) is 4. The molecule has 0 saturated carbocycles. The van der Waals surface area contributed by atoms with Crippen LogP contribution in [-0.4, -0.2) is 21.3 Å². The standard InChI is InChI=1S/C10H9N5S/c11-5-8-7-6-12-2-1-9(7)15(14-8)10-13-3-4-16-10/h3-4,12H,1-2,6H2. The first kappa shape index (κ1) is 9.51. The van der Waals surface area contributed by atoms with Crippen molar-refractivity contribution in [3.8, 4) is 11.2 Å². The zero-order chi connectivity index (χ0) is 11.0. The van der Waals surface area contributed by atoms with Crippen LogP contribution in [0.15, 0.2) is 11.6 Å². The van der Waals surface area contributed by atoms with Crippen LogP contribution >= 0.6 is 11.3 Å². The molecule has 0 aromatic carbocycles. The number of hydrogen-bond donors (Lipinski definition) is 1. The fourth-order valence-corrected chi connectivity index (χ4v) is 2.53. The molecular weight excluding hydrogens is 222 g/mol. The second-order valence-corrected chi connectivity index (χ2v) is 4.41. The molecule has 0 amide bonds. The van der Waals surface area contributed by atoms with Crippen LogP contribution in [0.1, 0.15) is 17.0 Å². The van der Waals surface area contributed by atoms with E-state index in [-0.39, 0.29) is 0 Å². The maximum absolute atomic E-state index is 9.03. The minimum absolute atomic E-state index is 0.511. The van der Waals surface area contributed by atoms with Gasteiger partial charge in [-0.05, 0) is 0 Å². The third-order valence-electron chi connectivity index (χ3n) is 2.64. The Hall–Kier alpha value is -1.71. The van der Waals surface area contributed by atoms with Gasteiger partial charge in [-0.15, -0.1) is 11.3 Å². The number of nitriles is 1. The zero-order valence-electron chi connectivity index (χ0n) is 8.47. The minimum atomic E-state index is 0.511. The minimum Gasteiger partial charge on any atom is -0.312 e. The monoisotopic (exact) mass is 231 g/mol. The molecule has 2 aromatic heterocycles.